The third-order valence-corrected chi connectivity index (χ3v) is 1.66. The molecule has 0 aliphatic rings. The number of allylic oxidation sites excluding steroid dienone is 1. The summed E-state index contributed by atoms with van der Waals surface area (Å²) in [7, 11) is 1.81. The summed E-state index contributed by atoms with van der Waals surface area (Å²) < 4.78 is 0. The van der Waals surface area contributed by atoms with E-state index in [-0.39, 0.29) is 5.91 Å². The fourth-order valence-electron chi connectivity index (χ4n) is 0.718. The van der Waals surface area contributed by atoms with Crippen molar-refractivity contribution in [2.24, 2.45) is 0 Å². The number of rotatable bonds is 4. The fourth-order valence-corrected chi connectivity index (χ4v) is 0.905. The Balaban J connectivity index is 3.72. The molecule has 2 nitrogen and oxygen atoms in total. The van der Waals surface area contributed by atoms with Gasteiger partial charge in [0, 0.05) is 18.9 Å². The van der Waals surface area contributed by atoms with E-state index in [0.717, 1.165) is 18.3 Å². The molecule has 0 aliphatic carbocycles. The van der Waals surface area contributed by atoms with Gasteiger partial charge in [-0.3, -0.25) is 4.79 Å². The smallest absolute Gasteiger partial charge is 0.245 e. The van der Waals surface area contributed by atoms with Gasteiger partial charge in [0.25, 0.3) is 0 Å². The third kappa shape index (κ3) is 5.01. The molecule has 0 saturated heterocycles. The van der Waals surface area contributed by atoms with E-state index >= 15 is 0 Å². The van der Waals surface area contributed by atoms with Crippen molar-refractivity contribution in [1.82, 2.24) is 4.90 Å². The van der Waals surface area contributed by atoms with Gasteiger partial charge in [-0.2, -0.15) is 0 Å². The summed E-state index contributed by atoms with van der Waals surface area (Å²) >= 11 is 3.21. The first-order valence-electron chi connectivity index (χ1n) is 3.70. The molecular weight excluding hydrogens is 206 g/mol. The SMILES string of the molecule is CCCN(C)C(=O)C=CCBr. The number of amides is 1. The van der Waals surface area contributed by atoms with Crippen molar-refractivity contribution in [1.29, 1.82) is 0 Å². The van der Waals surface area contributed by atoms with Gasteiger partial charge in [0.05, 0.1) is 0 Å². The highest BCUT2D eigenvalue weighted by Gasteiger charge is 2.00. The van der Waals surface area contributed by atoms with Gasteiger partial charge < -0.3 is 4.90 Å². The Labute approximate surface area is 76.4 Å². The van der Waals surface area contributed by atoms with Crippen molar-refractivity contribution in [2.45, 2.75) is 13.3 Å². The predicted octanol–water partition coefficient (Wildman–Crippen LogP) is 1.81. The number of carbonyl (C=O) groups excluding carboxylic acids is 1. The second-order valence-electron chi connectivity index (χ2n) is 2.32. The lowest BCUT2D eigenvalue weighted by molar-refractivity contribution is -0.124. The molecule has 0 N–H and O–H groups in total. The summed E-state index contributed by atoms with van der Waals surface area (Å²) in [5.74, 6) is 0.0753. The van der Waals surface area contributed by atoms with Crippen molar-refractivity contribution in [3.63, 3.8) is 0 Å². The summed E-state index contributed by atoms with van der Waals surface area (Å²) in [5.41, 5.74) is 0. The van der Waals surface area contributed by atoms with Gasteiger partial charge in [0.15, 0.2) is 0 Å². The maximum atomic E-state index is 11.1. The molecule has 64 valence electrons. The average molecular weight is 220 g/mol. The van der Waals surface area contributed by atoms with Crippen LogP contribution in [-0.4, -0.2) is 29.7 Å². The first-order chi connectivity index (χ1) is 5.22. The summed E-state index contributed by atoms with van der Waals surface area (Å²) in [6, 6.07) is 0. The molecule has 0 bridgehead atoms. The number of hydrogen-bond donors (Lipinski definition) is 0. The van der Waals surface area contributed by atoms with Crippen molar-refractivity contribution in [3.8, 4) is 0 Å². The molecule has 11 heavy (non-hydrogen) atoms. The number of carbonyl (C=O) groups is 1. The molecule has 0 atom stereocenters. The molecule has 0 fully saturated rings. The Morgan fingerprint density at radius 2 is 2.27 bits per heavy atom. The van der Waals surface area contributed by atoms with Crippen LogP contribution in [0.3, 0.4) is 0 Å². The van der Waals surface area contributed by atoms with Gasteiger partial charge in [-0.1, -0.05) is 28.9 Å². The molecule has 0 aliphatic heterocycles. The van der Waals surface area contributed by atoms with E-state index in [1.807, 2.05) is 7.05 Å². The highest BCUT2D eigenvalue weighted by atomic mass is 79.9. The van der Waals surface area contributed by atoms with E-state index in [1.54, 1.807) is 17.1 Å². The van der Waals surface area contributed by atoms with Gasteiger partial charge in [0.2, 0.25) is 5.91 Å². The van der Waals surface area contributed by atoms with Crippen molar-refractivity contribution >= 4 is 21.8 Å². The van der Waals surface area contributed by atoms with Crippen LogP contribution in [0.1, 0.15) is 13.3 Å². The van der Waals surface area contributed by atoms with E-state index in [0.29, 0.717) is 0 Å². The minimum atomic E-state index is 0.0753. The topological polar surface area (TPSA) is 20.3 Å². The monoisotopic (exact) mass is 219 g/mol. The number of hydrogen-bond acceptors (Lipinski definition) is 1. The molecule has 0 saturated carbocycles. The number of likely N-dealkylation sites (N-methyl/N-ethyl adjacent to an activating group) is 1. The van der Waals surface area contributed by atoms with Gasteiger partial charge in [-0.15, -0.1) is 0 Å². The lowest BCUT2D eigenvalue weighted by Crippen LogP contribution is -2.25. The van der Waals surface area contributed by atoms with Crippen molar-refractivity contribution < 1.29 is 4.79 Å². The maximum absolute atomic E-state index is 11.1. The highest BCUT2D eigenvalue weighted by Crippen LogP contribution is 1.90. The molecule has 1 amide bonds. The van der Waals surface area contributed by atoms with Crippen LogP contribution in [0.2, 0.25) is 0 Å². The molecule has 0 aromatic heterocycles. The van der Waals surface area contributed by atoms with Crippen LogP contribution in [0.25, 0.3) is 0 Å². The summed E-state index contributed by atoms with van der Waals surface area (Å²) in [5, 5.41) is 0.735. The van der Waals surface area contributed by atoms with Crippen LogP contribution in [0.4, 0.5) is 0 Å². The fraction of sp³-hybridized carbons (Fsp3) is 0.625. The summed E-state index contributed by atoms with van der Waals surface area (Å²) in [6.07, 6.45) is 4.39. The lowest BCUT2D eigenvalue weighted by Gasteiger charge is -2.12. The van der Waals surface area contributed by atoms with Crippen LogP contribution in [-0.2, 0) is 4.79 Å². The standard InChI is InChI=1S/C8H14BrNO/c1-3-7-10(2)8(11)5-4-6-9/h4-5H,3,6-7H2,1-2H3. The molecular formula is C8H14BrNO. The molecule has 0 radical (unpaired) electrons. The molecule has 0 heterocycles. The Kier molecular flexibility index (Phi) is 6.22. The number of alkyl halides is 1. The quantitative estimate of drug-likeness (QED) is 0.522. The molecule has 0 rings (SSSR count). The first kappa shape index (κ1) is 10.7. The van der Waals surface area contributed by atoms with E-state index < -0.39 is 0 Å². The molecule has 0 unspecified atom stereocenters. The summed E-state index contributed by atoms with van der Waals surface area (Å²) in [4.78, 5) is 12.8. The van der Waals surface area contributed by atoms with Crippen LogP contribution < -0.4 is 0 Å². The lowest BCUT2D eigenvalue weighted by atomic mass is 10.4. The van der Waals surface area contributed by atoms with Crippen LogP contribution >= 0.6 is 15.9 Å². The Bertz CT molecular complexity index is 145. The van der Waals surface area contributed by atoms with Crippen LogP contribution in [0.5, 0.6) is 0 Å². The van der Waals surface area contributed by atoms with Crippen molar-refractivity contribution in [3.05, 3.63) is 12.2 Å². The van der Waals surface area contributed by atoms with E-state index in [2.05, 4.69) is 22.9 Å². The predicted molar refractivity (Wildman–Crippen MR) is 50.9 cm³/mol. The Hall–Kier alpha value is -0.310. The zero-order chi connectivity index (χ0) is 8.69. The van der Waals surface area contributed by atoms with Gasteiger partial charge >= 0.3 is 0 Å². The minimum Gasteiger partial charge on any atom is -0.342 e. The second kappa shape index (κ2) is 6.40. The largest absolute Gasteiger partial charge is 0.342 e. The molecule has 3 heteroatoms. The normalized spacial score (nSPS) is 10.5. The van der Waals surface area contributed by atoms with Crippen LogP contribution in [0, 0.1) is 0 Å². The van der Waals surface area contributed by atoms with Gasteiger partial charge in [-0.05, 0) is 12.5 Å². The van der Waals surface area contributed by atoms with Crippen molar-refractivity contribution in [2.75, 3.05) is 18.9 Å². The second-order valence-corrected chi connectivity index (χ2v) is 2.96. The maximum Gasteiger partial charge on any atom is 0.245 e. The molecule has 0 aromatic rings. The molecule has 0 spiro atoms. The first-order valence-corrected chi connectivity index (χ1v) is 4.82. The van der Waals surface area contributed by atoms with E-state index in [1.165, 1.54) is 0 Å². The minimum absolute atomic E-state index is 0.0753. The highest BCUT2D eigenvalue weighted by molar-refractivity contribution is 9.09. The Morgan fingerprint density at radius 3 is 2.73 bits per heavy atom. The number of halogens is 1. The summed E-state index contributed by atoms with van der Waals surface area (Å²) in [6.45, 7) is 2.88. The zero-order valence-electron chi connectivity index (χ0n) is 7.01. The van der Waals surface area contributed by atoms with Gasteiger partial charge in [0.1, 0.15) is 0 Å². The van der Waals surface area contributed by atoms with E-state index in [4.69, 9.17) is 0 Å². The third-order valence-electron chi connectivity index (χ3n) is 1.28. The van der Waals surface area contributed by atoms with E-state index in [9.17, 15) is 4.79 Å². The molecule has 0 aromatic carbocycles. The van der Waals surface area contributed by atoms with Crippen LogP contribution in [0.15, 0.2) is 12.2 Å². The number of nitrogens with zero attached hydrogens (tertiary/aromatic N) is 1. The zero-order valence-corrected chi connectivity index (χ0v) is 8.60. The van der Waals surface area contributed by atoms with Gasteiger partial charge in [-0.25, -0.2) is 0 Å². The average Bonchev–Trinajstić information content (AvgIpc) is 2.00. The Morgan fingerprint density at radius 1 is 1.64 bits per heavy atom.